The van der Waals surface area contributed by atoms with E-state index >= 15 is 0 Å². The number of esters is 2. The first-order valence-electron chi connectivity index (χ1n) is 26.2. The molecule has 2 unspecified atom stereocenters. The topological polar surface area (TPSA) is 119 Å². The second-order valence-electron chi connectivity index (χ2n) is 17.9. The van der Waals surface area contributed by atoms with Crippen LogP contribution in [-0.2, 0) is 49.4 Å². The van der Waals surface area contributed by atoms with Crippen LogP contribution in [-0.4, -0.2) is 87.2 Å². The number of likely N-dealkylation sites (tertiary alicyclic amines) is 1. The Morgan fingerprint density at radius 1 is 0.500 bits per heavy atom. The normalized spacial score (nSPS) is 15.2. The van der Waals surface area contributed by atoms with Crippen molar-refractivity contribution in [1.29, 1.82) is 0 Å². The first-order chi connectivity index (χ1) is 31.4. The van der Waals surface area contributed by atoms with E-state index in [1.54, 1.807) is 0 Å². The van der Waals surface area contributed by atoms with Crippen LogP contribution in [0.25, 0.3) is 0 Å². The molecule has 0 bridgehead atoms. The van der Waals surface area contributed by atoms with E-state index in [-0.39, 0.29) is 39.0 Å². The molecule has 1 saturated heterocycles. The summed E-state index contributed by atoms with van der Waals surface area (Å²) in [5.41, 5.74) is 0.859. The molecule has 370 valence electrons. The highest BCUT2D eigenvalue weighted by Crippen LogP contribution is 2.22. The monoisotopic (exact) mass is 904 g/mol. The van der Waals surface area contributed by atoms with Gasteiger partial charge in [-0.15, -0.1) is 0 Å². The van der Waals surface area contributed by atoms with Gasteiger partial charge in [-0.1, -0.05) is 186 Å². The van der Waals surface area contributed by atoms with Gasteiger partial charge in [-0.05, 0) is 31.2 Å². The first kappa shape index (κ1) is 57.4. The lowest BCUT2D eigenvalue weighted by atomic mass is 10.1. The van der Waals surface area contributed by atoms with Crippen LogP contribution >= 0.6 is 0 Å². The second-order valence-corrected chi connectivity index (χ2v) is 17.9. The summed E-state index contributed by atoms with van der Waals surface area (Å²) in [6, 6.07) is 9.47. The molecule has 1 fully saturated rings. The third-order valence-electron chi connectivity index (χ3n) is 11.8. The van der Waals surface area contributed by atoms with Crippen molar-refractivity contribution in [3.63, 3.8) is 0 Å². The Morgan fingerprint density at radius 2 is 0.844 bits per heavy atom. The summed E-state index contributed by atoms with van der Waals surface area (Å²) in [5, 5.41) is 0. The number of nitrogens with zero attached hydrogens (tertiary/aromatic N) is 1. The minimum absolute atomic E-state index is 0.100. The van der Waals surface area contributed by atoms with Crippen LogP contribution in [0.2, 0.25) is 0 Å². The van der Waals surface area contributed by atoms with Crippen LogP contribution in [0.3, 0.4) is 0 Å². The van der Waals surface area contributed by atoms with Gasteiger partial charge in [0.2, 0.25) is 0 Å². The molecular weight excluding hydrogens is 811 g/mol. The number of amides is 1. The zero-order valence-corrected chi connectivity index (χ0v) is 41.2. The molecule has 11 nitrogen and oxygen atoms in total. The lowest BCUT2D eigenvalue weighted by Gasteiger charge is -2.36. The van der Waals surface area contributed by atoms with E-state index in [0.29, 0.717) is 39.3 Å². The highest BCUT2D eigenvalue weighted by atomic mass is 16.7. The number of hydrogen-bond acceptors (Lipinski definition) is 10. The Morgan fingerprint density at radius 3 is 1.20 bits per heavy atom. The van der Waals surface area contributed by atoms with Crippen molar-refractivity contribution in [3.05, 3.63) is 35.9 Å². The van der Waals surface area contributed by atoms with Gasteiger partial charge in [-0.3, -0.25) is 9.59 Å². The van der Waals surface area contributed by atoms with Gasteiger partial charge in [-0.2, -0.15) is 0 Å². The summed E-state index contributed by atoms with van der Waals surface area (Å²) >= 11 is 0. The Hall–Kier alpha value is -2.73. The molecule has 0 aromatic heterocycles. The van der Waals surface area contributed by atoms with E-state index in [9.17, 15) is 14.4 Å². The Bertz CT molecular complexity index is 1150. The fourth-order valence-electron chi connectivity index (χ4n) is 7.92. The summed E-state index contributed by atoms with van der Waals surface area (Å²) in [5.74, 6) is -0.808. The molecular formula is C53H93NO10. The summed E-state index contributed by atoms with van der Waals surface area (Å²) in [7, 11) is 0. The molecule has 11 heteroatoms. The summed E-state index contributed by atoms with van der Waals surface area (Å²) in [4.78, 5) is 41.7. The van der Waals surface area contributed by atoms with Gasteiger partial charge in [-0.25, -0.2) is 4.79 Å². The van der Waals surface area contributed by atoms with Gasteiger partial charge in [0.1, 0.15) is 18.8 Å². The van der Waals surface area contributed by atoms with Crippen LogP contribution < -0.4 is 0 Å². The molecule has 1 heterocycles. The van der Waals surface area contributed by atoms with Crippen molar-refractivity contribution in [2.45, 2.75) is 245 Å². The fraction of sp³-hybridized carbons (Fsp3) is 0.830. The van der Waals surface area contributed by atoms with E-state index < -0.39 is 42.8 Å². The molecule has 0 spiro atoms. The van der Waals surface area contributed by atoms with Crippen molar-refractivity contribution >= 4 is 18.0 Å². The smallest absolute Gasteiger partial charge is 0.410 e. The molecule has 1 aliphatic rings. The second kappa shape index (κ2) is 40.5. The van der Waals surface area contributed by atoms with Gasteiger partial charge in [0.05, 0.1) is 25.9 Å². The van der Waals surface area contributed by atoms with Crippen molar-refractivity contribution in [2.24, 2.45) is 0 Å². The predicted octanol–water partition coefficient (Wildman–Crippen LogP) is 13.6. The Labute approximate surface area is 390 Å². The van der Waals surface area contributed by atoms with Crippen molar-refractivity contribution in [2.75, 3.05) is 39.5 Å². The summed E-state index contributed by atoms with van der Waals surface area (Å²) in [6.45, 7) is 11.6. The van der Waals surface area contributed by atoms with Crippen LogP contribution in [0.4, 0.5) is 4.79 Å². The van der Waals surface area contributed by atoms with Crippen LogP contribution in [0.1, 0.15) is 219 Å². The lowest BCUT2D eigenvalue weighted by Crippen LogP contribution is -2.51. The van der Waals surface area contributed by atoms with Gasteiger partial charge in [0, 0.05) is 45.7 Å². The number of carbonyl (C=O) groups is 3. The van der Waals surface area contributed by atoms with Crippen molar-refractivity contribution in [3.8, 4) is 0 Å². The van der Waals surface area contributed by atoms with Gasteiger partial charge in [0.15, 0.2) is 12.6 Å². The van der Waals surface area contributed by atoms with Crippen LogP contribution in [0.15, 0.2) is 30.3 Å². The molecule has 1 aromatic rings. The number of piperidine rings is 1. The Balaban J connectivity index is 2.00. The van der Waals surface area contributed by atoms with Gasteiger partial charge >= 0.3 is 18.0 Å². The van der Waals surface area contributed by atoms with Crippen molar-refractivity contribution < 1.29 is 47.5 Å². The molecule has 0 radical (unpaired) electrons. The van der Waals surface area contributed by atoms with Gasteiger partial charge in [0.25, 0.3) is 0 Å². The van der Waals surface area contributed by atoms with E-state index in [0.717, 1.165) is 56.9 Å². The average Bonchev–Trinajstić information content (AvgIpc) is 3.30. The SMILES string of the molecule is CCCCCCCCOC(CCC(=O)OC1CC(OC(=O)CCC(OCCCCCCCC)OCCCCCCCC)CN(C(=O)OCc2ccccc2)C1)OCCCCCCCC. The van der Waals surface area contributed by atoms with E-state index in [1.165, 1.54) is 108 Å². The molecule has 2 rings (SSSR count). The zero-order chi connectivity index (χ0) is 46.1. The third kappa shape index (κ3) is 31.2. The predicted molar refractivity (Wildman–Crippen MR) is 256 cm³/mol. The maximum atomic E-state index is 13.4. The largest absolute Gasteiger partial charge is 0.460 e. The van der Waals surface area contributed by atoms with Gasteiger partial charge < -0.3 is 38.1 Å². The van der Waals surface area contributed by atoms with Crippen molar-refractivity contribution in [1.82, 2.24) is 4.90 Å². The molecule has 0 N–H and O–H groups in total. The number of benzene rings is 1. The maximum absolute atomic E-state index is 13.4. The van der Waals surface area contributed by atoms with E-state index in [1.807, 2.05) is 30.3 Å². The highest BCUT2D eigenvalue weighted by Gasteiger charge is 2.35. The number of carbonyl (C=O) groups excluding carboxylic acids is 3. The van der Waals surface area contributed by atoms with Crippen LogP contribution in [0, 0.1) is 0 Å². The number of unbranched alkanes of at least 4 members (excludes halogenated alkanes) is 20. The minimum Gasteiger partial charge on any atom is -0.460 e. The highest BCUT2D eigenvalue weighted by molar-refractivity contribution is 5.71. The number of hydrogen-bond donors (Lipinski definition) is 0. The summed E-state index contributed by atoms with van der Waals surface area (Å²) < 4.78 is 42.3. The molecule has 0 aliphatic carbocycles. The minimum atomic E-state index is -0.677. The zero-order valence-electron chi connectivity index (χ0n) is 41.2. The van der Waals surface area contributed by atoms with E-state index in [4.69, 9.17) is 33.2 Å². The molecule has 1 aliphatic heterocycles. The molecule has 2 atom stereocenters. The molecule has 1 amide bonds. The average molecular weight is 904 g/mol. The standard InChI is InChI=1S/C53H93NO10/c1-5-9-13-17-21-28-38-58-51(59-39-29-22-18-14-10-6-2)36-34-49(55)63-47-42-48(44-54(43-47)53(57)62-45-46-32-26-25-27-33-46)64-50(56)35-37-52(60-40-30-23-19-15-11-7-3)61-41-31-24-20-16-12-8-4/h25-27,32-33,47-48,51-52H,5-24,28-31,34-45H2,1-4H3. The quantitative estimate of drug-likeness (QED) is 0.0271. The molecule has 0 saturated carbocycles. The van der Waals surface area contributed by atoms with Crippen LogP contribution in [0.5, 0.6) is 0 Å². The lowest BCUT2D eigenvalue weighted by molar-refractivity contribution is -0.170. The third-order valence-corrected chi connectivity index (χ3v) is 11.8. The van der Waals surface area contributed by atoms with E-state index in [2.05, 4.69) is 27.7 Å². The fourth-order valence-corrected chi connectivity index (χ4v) is 7.92. The summed E-state index contributed by atoms with van der Waals surface area (Å²) in [6.07, 6.45) is 26.3. The number of ether oxygens (including phenoxy) is 7. The Kier molecular flexibility index (Phi) is 36.4. The number of rotatable bonds is 42. The maximum Gasteiger partial charge on any atom is 0.410 e. The molecule has 64 heavy (non-hydrogen) atoms. The molecule has 1 aromatic carbocycles. The first-order valence-corrected chi connectivity index (χ1v) is 26.2.